The second-order valence-corrected chi connectivity index (χ2v) is 3.53. The predicted octanol–water partition coefficient (Wildman–Crippen LogP) is 1.81. The number of hydrogen-bond acceptors (Lipinski definition) is 2. The van der Waals surface area contributed by atoms with Crippen LogP contribution in [-0.2, 0) is 13.0 Å². The van der Waals surface area contributed by atoms with Gasteiger partial charge in [0.1, 0.15) is 0 Å². The third-order valence-corrected chi connectivity index (χ3v) is 2.41. The first kappa shape index (κ1) is 8.48. The molecule has 70 valence electrons. The van der Waals surface area contributed by atoms with E-state index in [4.69, 9.17) is 0 Å². The standard InChI is InChI=1S/C10H14N2O/c1-2-6-12-7-8-9(11-12)4-3-5-10(8)13/h7H,2-6H2,1H3. The zero-order chi connectivity index (χ0) is 9.26. The van der Waals surface area contributed by atoms with Crippen molar-refractivity contribution in [3.05, 3.63) is 17.5 Å². The molecule has 1 heterocycles. The van der Waals surface area contributed by atoms with Crippen LogP contribution in [0.4, 0.5) is 0 Å². The van der Waals surface area contributed by atoms with E-state index >= 15 is 0 Å². The first-order valence-corrected chi connectivity index (χ1v) is 4.91. The van der Waals surface area contributed by atoms with Crippen LogP contribution in [0.25, 0.3) is 0 Å². The van der Waals surface area contributed by atoms with Gasteiger partial charge in [0.15, 0.2) is 5.78 Å². The molecule has 1 aromatic heterocycles. The van der Waals surface area contributed by atoms with E-state index in [1.807, 2.05) is 10.9 Å². The topological polar surface area (TPSA) is 34.9 Å². The van der Waals surface area contributed by atoms with Crippen LogP contribution in [-0.4, -0.2) is 15.6 Å². The minimum Gasteiger partial charge on any atom is -0.294 e. The molecule has 3 nitrogen and oxygen atoms in total. The average Bonchev–Trinajstić information content (AvgIpc) is 2.49. The summed E-state index contributed by atoms with van der Waals surface area (Å²) < 4.78 is 1.90. The molecule has 0 radical (unpaired) electrons. The van der Waals surface area contributed by atoms with Crippen LogP contribution >= 0.6 is 0 Å². The molecule has 1 aliphatic carbocycles. The lowest BCUT2D eigenvalue weighted by Crippen LogP contribution is -2.08. The number of rotatable bonds is 2. The van der Waals surface area contributed by atoms with Crippen LogP contribution in [0.5, 0.6) is 0 Å². The normalized spacial score (nSPS) is 15.9. The van der Waals surface area contributed by atoms with E-state index in [1.165, 1.54) is 0 Å². The van der Waals surface area contributed by atoms with Crippen molar-refractivity contribution in [3.63, 3.8) is 0 Å². The number of aromatic nitrogens is 2. The SMILES string of the molecule is CCCn1cc2c(n1)CCCC2=O. The highest BCUT2D eigenvalue weighted by molar-refractivity contribution is 5.97. The lowest BCUT2D eigenvalue weighted by Gasteiger charge is -2.06. The Balaban J connectivity index is 2.31. The number of aryl methyl sites for hydroxylation is 2. The second-order valence-electron chi connectivity index (χ2n) is 3.53. The number of ketones is 1. The Hall–Kier alpha value is -1.12. The molecule has 3 heteroatoms. The van der Waals surface area contributed by atoms with E-state index in [1.54, 1.807) is 0 Å². The summed E-state index contributed by atoms with van der Waals surface area (Å²) in [5.41, 5.74) is 1.87. The van der Waals surface area contributed by atoms with Gasteiger partial charge in [0, 0.05) is 19.2 Å². The summed E-state index contributed by atoms with van der Waals surface area (Å²) in [4.78, 5) is 11.4. The Labute approximate surface area is 77.7 Å². The van der Waals surface area contributed by atoms with Crippen molar-refractivity contribution in [1.82, 2.24) is 9.78 Å². The van der Waals surface area contributed by atoms with Gasteiger partial charge in [-0.25, -0.2) is 0 Å². The fourth-order valence-corrected chi connectivity index (χ4v) is 1.77. The fourth-order valence-electron chi connectivity index (χ4n) is 1.77. The quantitative estimate of drug-likeness (QED) is 0.692. The van der Waals surface area contributed by atoms with E-state index in [2.05, 4.69) is 12.0 Å². The predicted molar refractivity (Wildman–Crippen MR) is 49.8 cm³/mol. The van der Waals surface area contributed by atoms with Gasteiger partial charge in [-0.05, 0) is 19.3 Å². The molecule has 1 aliphatic rings. The van der Waals surface area contributed by atoms with Gasteiger partial charge in [0.05, 0.1) is 11.3 Å². The zero-order valence-electron chi connectivity index (χ0n) is 7.92. The van der Waals surface area contributed by atoms with Gasteiger partial charge in [-0.15, -0.1) is 0 Å². The fraction of sp³-hybridized carbons (Fsp3) is 0.600. The highest BCUT2D eigenvalue weighted by Gasteiger charge is 2.20. The molecule has 13 heavy (non-hydrogen) atoms. The first-order chi connectivity index (χ1) is 6.31. The molecule has 0 saturated heterocycles. The molecular formula is C10H14N2O. The molecular weight excluding hydrogens is 164 g/mol. The Bertz CT molecular complexity index is 328. The number of hydrogen-bond donors (Lipinski definition) is 0. The van der Waals surface area contributed by atoms with Crippen molar-refractivity contribution in [3.8, 4) is 0 Å². The van der Waals surface area contributed by atoms with Gasteiger partial charge < -0.3 is 0 Å². The monoisotopic (exact) mass is 178 g/mol. The molecule has 0 fully saturated rings. The summed E-state index contributed by atoms with van der Waals surface area (Å²) in [6.45, 7) is 3.03. The Morgan fingerprint density at radius 2 is 2.38 bits per heavy atom. The third kappa shape index (κ3) is 1.50. The Kier molecular flexibility index (Phi) is 2.17. The zero-order valence-corrected chi connectivity index (χ0v) is 7.92. The van der Waals surface area contributed by atoms with Crippen molar-refractivity contribution in [2.24, 2.45) is 0 Å². The van der Waals surface area contributed by atoms with Gasteiger partial charge in [0.2, 0.25) is 0 Å². The van der Waals surface area contributed by atoms with Crippen molar-refractivity contribution < 1.29 is 4.79 Å². The summed E-state index contributed by atoms with van der Waals surface area (Å²) >= 11 is 0. The van der Waals surface area contributed by atoms with E-state index < -0.39 is 0 Å². The number of nitrogens with zero attached hydrogens (tertiary/aromatic N) is 2. The van der Waals surface area contributed by atoms with Gasteiger partial charge >= 0.3 is 0 Å². The Morgan fingerprint density at radius 3 is 3.08 bits per heavy atom. The molecule has 0 aromatic carbocycles. The molecule has 0 unspecified atom stereocenters. The maximum Gasteiger partial charge on any atom is 0.166 e. The number of carbonyl (C=O) groups excluding carboxylic acids is 1. The summed E-state index contributed by atoms with van der Waals surface area (Å²) in [5, 5.41) is 4.39. The maximum atomic E-state index is 11.4. The highest BCUT2D eigenvalue weighted by Crippen LogP contribution is 2.19. The van der Waals surface area contributed by atoms with E-state index in [0.717, 1.165) is 37.1 Å². The van der Waals surface area contributed by atoms with Crippen LogP contribution in [0, 0.1) is 0 Å². The van der Waals surface area contributed by atoms with E-state index in [9.17, 15) is 4.79 Å². The van der Waals surface area contributed by atoms with Crippen molar-refractivity contribution >= 4 is 5.78 Å². The second kappa shape index (κ2) is 3.32. The molecule has 0 saturated carbocycles. The Morgan fingerprint density at radius 1 is 1.54 bits per heavy atom. The maximum absolute atomic E-state index is 11.4. The molecule has 0 aliphatic heterocycles. The van der Waals surface area contributed by atoms with Gasteiger partial charge in [0.25, 0.3) is 0 Å². The summed E-state index contributed by atoms with van der Waals surface area (Å²) in [6.07, 6.45) is 5.60. The highest BCUT2D eigenvalue weighted by atomic mass is 16.1. The lowest BCUT2D eigenvalue weighted by molar-refractivity contribution is 0.0972. The smallest absolute Gasteiger partial charge is 0.166 e. The lowest BCUT2D eigenvalue weighted by atomic mass is 9.97. The number of fused-ring (bicyclic) bond motifs is 1. The number of carbonyl (C=O) groups is 1. The largest absolute Gasteiger partial charge is 0.294 e. The number of Topliss-reactive ketones (excluding diaryl/α,β-unsaturated/α-hetero) is 1. The summed E-state index contributed by atoms with van der Waals surface area (Å²) in [7, 11) is 0. The van der Waals surface area contributed by atoms with Crippen LogP contribution in [0.1, 0.15) is 42.2 Å². The molecule has 0 N–H and O–H groups in total. The summed E-state index contributed by atoms with van der Waals surface area (Å²) in [5.74, 6) is 0.267. The minimum absolute atomic E-state index is 0.267. The van der Waals surface area contributed by atoms with E-state index in [-0.39, 0.29) is 5.78 Å². The summed E-state index contributed by atoms with van der Waals surface area (Å²) in [6, 6.07) is 0. The molecule has 0 spiro atoms. The molecule has 0 atom stereocenters. The molecule has 2 rings (SSSR count). The van der Waals surface area contributed by atoms with Crippen LogP contribution in [0.3, 0.4) is 0 Å². The molecule has 1 aromatic rings. The average molecular weight is 178 g/mol. The van der Waals surface area contributed by atoms with Crippen molar-refractivity contribution in [1.29, 1.82) is 0 Å². The van der Waals surface area contributed by atoms with Gasteiger partial charge in [-0.3, -0.25) is 9.48 Å². The van der Waals surface area contributed by atoms with E-state index in [0.29, 0.717) is 6.42 Å². The molecule has 0 amide bonds. The van der Waals surface area contributed by atoms with Crippen LogP contribution in [0.15, 0.2) is 6.20 Å². The van der Waals surface area contributed by atoms with Crippen molar-refractivity contribution in [2.45, 2.75) is 39.2 Å². The first-order valence-electron chi connectivity index (χ1n) is 4.91. The molecule has 0 bridgehead atoms. The van der Waals surface area contributed by atoms with Gasteiger partial charge in [-0.1, -0.05) is 6.92 Å². The third-order valence-electron chi connectivity index (χ3n) is 2.41. The minimum atomic E-state index is 0.267. The van der Waals surface area contributed by atoms with Crippen LogP contribution in [0.2, 0.25) is 0 Å². The van der Waals surface area contributed by atoms with Gasteiger partial charge in [-0.2, -0.15) is 5.10 Å². The van der Waals surface area contributed by atoms with Crippen LogP contribution < -0.4 is 0 Å². The van der Waals surface area contributed by atoms with Crippen molar-refractivity contribution in [2.75, 3.05) is 0 Å².